The third-order valence-electron chi connectivity index (χ3n) is 4.72. The van der Waals surface area contributed by atoms with E-state index in [0.29, 0.717) is 17.1 Å². The maximum absolute atomic E-state index is 12.9. The zero-order valence-electron chi connectivity index (χ0n) is 17.3. The molecule has 0 spiro atoms. The van der Waals surface area contributed by atoms with E-state index in [1.54, 1.807) is 43.4 Å². The Balaban J connectivity index is 1.96. The van der Waals surface area contributed by atoms with Crippen LogP contribution in [0.5, 0.6) is 5.75 Å². The van der Waals surface area contributed by atoms with Gasteiger partial charge < -0.3 is 14.6 Å². The fourth-order valence-electron chi connectivity index (χ4n) is 3.21. The molecule has 1 heterocycles. The molecule has 0 radical (unpaired) electrons. The molecule has 0 bridgehead atoms. The fourth-order valence-corrected chi connectivity index (χ4v) is 5.30. The lowest BCUT2D eigenvalue weighted by Gasteiger charge is -2.29. The second-order valence-corrected chi connectivity index (χ2v) is 9.86. The van der Waals surface area contributed by atoms with Crippen LogP contribution in [0.25, 0.3) is 10.2 Å². The average Bonchev–Trinajstić information content (AvgIpc) is 2.94. The summed E-state index contributed by atoms with van der Waals surface area (Å²) in [4.78, 5) is 24.7. The van der Waals surface area contributed by atoms with Crippen LogP contribution in [0.15, 0.2) is 41.2 Å². The summed E-state index contributed by atoms with van der Waals surface area (Å²) in [5.74, 6) is -0.159. The van der Waals surface area contributed by atoms with Gasteiger partial charge >= 0.3 is 4.87 Å². The van der Waals surface area contributed by atoms with Crippen molar-refractivity contribution >= 4 is 48.9 Å². The van der Waals surface area contributed by atoms with Crippen molar-refractivity contribution < 1.29 is 17.9 Å². The Hall–Kier alpha value is -2.85. The van der Waals surface area contributed by atoms with Gasteiger partial charge in [-0.25, -0.2) is 8.42 Å². The standard InChI is InChI=1S/C20H23N3O5S2/c1-12-6-9-17(28-4)16(10-12)23(30(5,26)27)13(2)19(24)21-14-7-8-15-18(11-14)29-20(25)22(15)3/h6-11,13H,1-5H3,(H,21,24)/t13-/m1/s1. The summed E-state index contributed by atoms with van der Waals surface area (Å²) < 4.78 is 33.8. The normalized spacial score (nSPS) is 12.6. The van der Waals surface area contributed by atoms with Gasteiger partial charge in [-0.05, 0) is 49.7 Å². The molecule has 1 amide bonds. The van der Waals surface area contributed by atoms with Crippen LogP contribution in [-0.2, 0) is 21.9 Å². The van der Waals surface area contributed by atoms with Gasteiger partial charge in [-0.15, -0.1) is 0 Å². The Morgan fingerprint density at radius 1 is 1.23 bits per heavy atom. The monoisotopic (exact) mass is 449 g/mol. The zero-order valence-corrected chi connectivity index (χ0v) is 18.9. The van der Waals surface area contributed by atoms with Crippen LogP contribution in [0.3, 0.4) is 0 Å². The van der Waals surface area contributed by atoms with E-state index in [2.05, 4.69) is 5.32 Å². The smallest absolute Gasteiger partial charge is 0.307 e. The van der Waals surface area contributed by atoms with Crippen molar-refractivity contribution in [2.45, 2.75) is 19.9 Å². The number of methoxy groups -OCH3 is 1. The minimum absolute atomic E-state index is 0.100. The van der Waals surface area contributed by atoms with Gasteiger partial charge in [0.25, 0.3) is 0 Å². The number of aromatic nitrogens is 1. The number of ether oxygens (including phenoxy) is 1. The Kier molecular flexibility index (Phi) is 5.91. The first-order valence-electron chi connectivity index (χ1n) is 9.07. The molecule has 1 atom stereocenters. The van der Waals surface area contributed by atoms with Gasteiger partial charge in [0.15, 0.2) is 0 Å². The molecule has 0 aliphatic carbocycles. The number of rotatable bonds is 6. The molecule has 0 aliphatic rings. The average molecular weight is 450 g/mol. The Morgan fingerprint density at radius 3 is 2.57 bits per heavy atom. The third kappa shape index (κ3) is 4.19. The number of amides is 1. The molecule has 0 saturated carbocycles. The summed E-state index contributed by atoms with van der Waals surface area (Å²) >= 11 is 1.08. The molecule has 1 aromatic heterocycles. The topological polar surface area (TPSA) is 97.7 Å². The predicted molar refractivity (Wildman–Crippen MR) is 120 cm³/mol. The van der Waals surface area contributed by atoms with Gasteiger partial charge in [-0.3, -0.25) is 13.9 Å². The summed E-state index contributed by atoms with van der Waals surface area (Å²) in [5.41, 5.74) is 2.36. The van der Waals surface area contributed by atoms with Gasteiger partial charge in [-0.2, -0.15) is 0 Å². The van der Waals surface area contributed by atoms with Crippen LogP contribution in [0.2, 0.25) is 0 Å². The molecule has 2 aromatic carbocycles. The number of fused-ring (bicyclic) bond motifs is 1. The van der Waals surface area contributed by atoms with E-state index in [-0.39, 0.29) is 4.87 Å². The van der Waals surface area contributed by atoms with E-state index in [0.717, 1.165) is 37.7 Å². The number of aryl methyl sites for hydroxylation is 2. The number of hydrogen-bond acceptors (Lipinski definition) is 6. The van der Waals surface area contributed by atoms with E-state index >= 15 is 0 Å². The minimum atomic E-state index is -3.79. The SMILES string of the molecule is COc1ccc(C)cc1N([C@H](C)C(=O)Nc1ccc2c(c1)sc(=O)n2C)S(C)(=O)=O. The molecule has 1 N–H and O–H groups in total. The van der Waals surface area contributed by atoms with E-state index < -0.39 is 22.0 Å². The second-order valence-electron chi connectivity index (χ2n) is 7.01. The number of nitrogens with zero attached hydrogens (tertiary/aromatic N) is 2. The lowest BCUT2D eigenvalue weighted by atomic mass is 10.2. The van der Waals surface area contributed by atoms with Crippen LogP contribution in [-0.4, -0.2) is 38.3 Å². The zero-order chi connectivity index (χ0) is 22.2. The Labute approximate surface area is 178 Å². The highest BCUT2D eigenvalue weighted by Crippen LogP contribution is 2.33. The quantitative estimate of drug-likeness (QED) is 0.624. The maximum Gasteiger partial charge on any atom is 0.307 e. The number of sulfonamides is 1. The molecule has 10 heteroatoms. The van der Waals surface area contributed by atoms with Crippen LogP contribution >= 0.6 is 11.3 Å². The number of carbonyl (C=O) groups excluding carboxylic acids is 1. The molecule has 0 fully saturated rings. The lowest BCUT2D eigenvalue weighted by molar-refractivity contribution is -0.116. The number of carbonyl (C=O) groups is 1. The van der Waals surface area contributed by atoms with E-state index in [4.69, 9.17) is 4.74 Å². The molecule has 0 unspecified atom stereocenters. The molecular formula is C20H23N3O5S2. The first-order valence-corrected chi connectivity index (χ1v) is 11.7. The maximum atomic E-state index is 12.9. The number of hydrogen-bond donors (Lipinski definition) is 1. The van der Waals surface area contributed by atoms with Gasteiger partial charge in [0.2, 0.25) is 15.9 Å². The number of benzene rings is 2. The molecule has 0 aliphatic heterocycles. The van der Waals surface area contributed by atoms with E-state index in [9.17, 15) is 18.0 Å². The van der Waals surface area contributed by atoms with Crippen molar-refractivity contribution in [1.29, 1.82) is 0 Å². The van der Waals surface area contributed by atoms with Crippen LogP contribution in [0.1, 0.15) is 12.5 Å². The van der Waals surface area contributed by atoms with Crippen molar-refractivity contribution in [3.63, 3.8) is 0 Å². The lowest BCUT2D eigenvalue weighted by Crippen LogP contribution is -2.45. The van der Waals surface area contributed by atoms with Crippen LogP contribution < -0.4 is 19.2 Å². The Bertz CT molecular complexity index is 1280. The van der Waals surface area contributed by atoms with E-state index in [1.807, 2.05) is 6.92 Å². The first-order chi connectivity index (χ1) is 14.0. The highest BCUT2D eigenvalue weighted by molar-refractivity contribution is 7.92. The van der Waals surface area contributed by atoms with Gasteiger partial charge in [0.05, 0.1) is 29.3 Å². The number of anilines is 2. The predicted octanol–water partition coefficient (Wildman–Crippen LogP) is 2.71. The van der Waals surface area contributed by atoms with Crippen molar-refractivity contribution in [2.75, 3.05) is 23.0 Å². The molecule has 8 nitrogen and oxygen atoms in total. The summed E-state index contributed by atoms with van der Waals surface area (Å²) in [6.45, 7) is 3.34. The molecule has 3 rings (SSSR count). The first kappa shape index (κ1) is 21.8. The minimum Gasteiger partial charge on any atom is -0.495 e. The molecule has 3 aromatic rings. The highest BCUT2D eigenvalue weighted by Gasteiger charge is 2.31. The third-order valence-corrected chi connectivity index (χ3v) is 6.94. The number of thiazole rings is 1. The summed E-state index contributed by atoms with van der Waals surface area (Å²) in [7, 11) is -0.665. The molecule has 160 valence electrons. The summed E-state index contributed by atoms with van der Waals surface area (Å²) in [6, 6.07) is 9.21. The van der Waals surface area contributed by atoms with Gasteiger partial charge in [0.1, 0.15) is 11.8 Å². The highest BCUT2D eigenvalue weighted by atomic mass is 32.2. The fraction of sp³-hybridized carbons (Fsp3) is 0.300. The summed E-state index contributed by atoms with van der Waals surface area (Å²) in [5, 5.41) is 2.75. The van der Waals surface area contributed by atoms with Crippen molar-refractivity contribution in [1.82, 2.24) is 4.57 Å². The second kappa shape index (κ2) is 8.11. The number of nitrogens with one attached hydrogen (secondary N) is 1. The van der Waals surface area contributed by atoms with Crippen LogP contribution in [0, 0.1) is 6.92 Å². The van der Waals surface area contributed by atoms with Gasteiger partial charge in [-0.1, -0.05) is 17.4 Å². The molecular weight excluding hydrogens is 426 g/mol. The van der Waals surface area contributed by atoms with Crippen molar-refractivity contribution in [3.8, 4) is 5.75 Å². The summed E-state index contributed by atoms with van der Waals surface area (Å²) in [6.07, 6.45) is 1.05. The van der Waals surface area contributed by atoms with Crippen LogP contribution in [0.4, 0.5) is 11.4 Å². The van der Waals surface area contributed by atoms with Crippen molar-refractivity contribution in [3.05, 3.63) is 51.6 Å². The van der Waals surface area contributed by atoms with Gasteiger partial charge in [0, 0.05) is 12.7 Å². The van der Waals surface area contributed by atoms with Crippen molar-refractivity contribution in [2.24, 2.45) is 7.05 Å². The largest absolute Gasteiger partial charge is 0.495 e. The molecule has 0 saturated heterocycles. The van der Waals surface area contributed by atoms with E-state index in [1.165, 1.54) is 18.6 Å². The molecule has 30 heavy (non-hydrogen) atoms. The Morgan fingerprint density at radius 2 is 1.93 bits per heavy atom.